The van der Waals surface area contributed by atoms with Gasteiger partial charge >= 0.3 is 0 Å². The maximum absolute atomic E-state index is 12.0. The van der Waals surface area contributed by atoms with E-state index in [1.807, 2.05) is 6.07 Å². The predicted molar refractivity (Wildman–Crippen MR) is 94.0 cm³/mol. The van der Waals surface area contributed by atoms with E-state index in [-0.39, 0.29) is 23.4 Å². The zero-order valence-electron chi connectivity index (χ0n) is 12.6. The van der Waals surface area contributed by atoms with Crippen LogP contribution in [-0.2, 0) is 16.0 Å². The van der Waals surface area contributed by atoms with E-state index in [0.29, 0.717) is 29.3 Å². The molecule has 0 atom stereocenters. The standard InChI is InChI=1S/C17H14Cl2N2O3/c18-12-2-1-3-14(17(12)19)21-16(23)9-24-11-5-6-13-10(8-11)4-7-15(22)20-13/h1-3,5-6,8H,4,7,9H2,(H,20,22)(H,21,23). The molecule has 2 aromatic rings. The quantitative estimate of drug-likeness (QED) is 0.864. The van der Waals surface area contributed by atoms with Crippen molar-refractivity contribution in [2.24, 2.45) is 0 Å². The number of anilines is 2. The average molecular weight is 365 g/mol. The molecule has 0 spiro atoms. The molecule has 1 aliphatic heterocycles. The molecule has 5 nitrogen and oxygen atoms in total. The minimum Gasteiger partial charge on any atom is -0.484 e. The van der Waals surface area contributed by atoms with E-state index >= 15 is 0 Å². The van der Waals surface area contributed by atoms with Crippen molar-refractivity contribution in [1.29, 1.82) is 0 Å². The van der Waals surface area contributed by atoms with Crippen molar-refractivity contribution >= 4 is 46.4 Å². The molecule has 3 rings (SSSR count). The Bertz CT molecular complexity index is 808. The number of carbonyl (C=O) groups is 2. The molecular weight excluding hydrogens is 351 g/mol. The first-order chi connectivity index (χ1) is 11.5. The lowest BCUT2D eigenvalue weighted by atomic mass is 10.0. The van der Waals surface area contributed by atoms with Crippen molar-refractivity contribution in [2.45, 2.75) is 12.8 Å². The Morgan fingerprint density at radius 2 is 2.04 bits per heavy atom. The number of benzene rings is 2. The molecule has 1 heterocycles. The Kier molecular flexibility index (Phi) is 4.92. The van der Waals surface area contributed by atoms with E-state index < -0.39 is 0 Å². The van der Waals surface area contributed by atoms with Crippen LogP contribution in [0.5, 0.6) is 5.75 Å². The predicted octanol–water partition coefficient (Wildman–Crippen LogP) is 3.90. The maximum Gasteiger partial charge on any atom is 0.262 e. The fourth-order valence-electron chi connectivity index (χ4n) is 2.39. The average Bonchev–Trinajstić information content (AvgIpc) is 2.57. The Morgan fingerprint density at radius 1 is 1.21 bits per heavy atom. The molecule has 2 N–H and O–H groups in total. The fraction of sp³-hybridized carbons (Fsp3) is 0.176. The second kappa shape index (κ2) is 7.11. The second-order valence-electron chi connectivity index (χ2n) is 5.31. The van der Waals surface area contributed by atoms with E-state index in [0.717, 1.165) is 11.3 Å². The fourth-order valence-corrected chi connectivity index (χ4v) is 2.73. The zero-order chi connectivity index (χ0) is 17.1. The van der Waals surface area contributed by atoms with Gasteiger partial charge in [0.2, 0.25) is 5.91 Å². The summed E-state index contributed by atoms with van der Waals surface area (Å²) in [6, 6.07) is 10.3. The lowest BCUT2D eigenvalue weighted by molar-refractivity contribution is -0.118. The molecule has 124 valence electrons. The van der Waals surface area contributed by atoms with Crippen molar-refractivity contribution in [3.63, 3.8) is 0 Å². The van der Waals surface area contributed by atoms with Crippen LogP contribution in [-0.4, -0.2) is 18.4 Å². The summed E-state index contributed by atoms with van der Waals surface area (Å²) in [6.45, 7) is -0.159. The van der Waals surface area contributed by atoms with Gasteiger partial charge in [-0.05, 0) is 42.3 Å². The number of carbonyl (C=O) groups excluding carboxylic acids is 2. The number of hydrogen-bond acceptors (Lipinski definition) is 3. The molecule has 0 aliphatic carbocycles. The van der Waals surface area contributed by atoms with Gasteiger partial charge in [0.1, 0.15) is 5.75 Å². The van der Waals surface area contributed by atoms with Gasteiger partial charge in [-0.25, -0.2) is 0 Å². The van der Waals surface area contributed by atoms with Crippen LogP contribution in [0.2, 0.25) is 10.0 Å². The first kappa shape index (κ1) is 16.6. The Hall–Kier alpha value is -2.24. The Balaban J connectivity index is 1.60. The summed E-state index contributed by atoms with van der Waals surface area (Å²) in [7, 11) is 0. The van der Waals surface area contributed by atoms with Crippen molar-refractivity contribution in [2.75, 3.05) is 17.2 Å². The van der Waals surface area contributed by atoms with E-state index in [9.17, 15) is 9.59 Å². The van der Waals surface area contributed by atoms with E-state index in [4.69, 9.17) is 27.9 Å². The third kappa shape index (κ3) is 3.80. The number of nitrogens with one attached hydrogen (secondary N) is 2. The molecule has 0 saturated carbocycles. The number of aryl methyl sites for hydroxylation is 1. The largest absolute Gasteiger partial charge is 0.484 e. The minimum atomic E-state index is -0.342. The van der Waals surface area contributed by atoms with Gasteiger partial charge in [0.15, 0.2) is 6.61 Å². The van der Waals surface area contributed by atoms with Gasteiger partial charge < -0.3 is 15.4 Å². The molecule has 24 heavy (non-hydrogen) atoms. The second-order valence-corrected chi connectivity index (χ2v) is 6.09. The Morgan fingerprint density at radius 3 is 2.88 bits per heavy atom. The summed E-state index contributed by atoms with van der Waals surface area (Å²) >= 11 is 11.9. The number of amides is 2. The molecule has 0 saturated heterocycles. The summed E-state index contributed by atoms with van der Waals surface area (Å²) in [4.78, 5) is 23.3. The number of halogens is 2. The van der Waals surface area contributed by atoms with Crippen LogP contribution >= 0.6 is 23.2 Å². The van der Waals surface area contributed by atoms with Crippen LogP contribution in [0, 0.1) is 0 Å². The number of rotatable bonds is 4. The summed E-state index contributed by atoms with van der Waals surface area (Å²) < 4.78 is 5.50. The number of ether oxygens (including phenoxy) is 1. The first-order valence-electron chi connectivity index (χ1n) is 7.32. The van der Waals surface area contributed by atoms with Crippen molar-refractivity contribution in [3.05, 3.63) is 52.0 Å². The van der Waals surface area contributed by atoms with Gasteiger partial charge in [-0.15, -0.1) is 0 Å². The van der Waals surface area contributed by atoms with Crippen molar-refractivity contribution in [3.8, 4) is 5.75 Å². The van der Waals surface area contributed by atoms with E-state index in [1.165, 1.54) is 0 Å². The summed E-state index contributed by atoms with van der Waals surface area (Å²) in [5, 5.41) is 6.10. The first-order valence-corrected chi connectivity index (χ1v) is 8.08. The highest BCUT2D eigenvalue weighted by atomic mass is 35.5. The van der Waals surface area contributed by atoms with Gasteiger partial charge in [-0.2, -0.15) is 0 Å². The maximum atomic E-state index is 12.0. The third-order valence-electron chi connectivity index (χ3n) is 3.57. The summed E-state index contributed by atoms with van der Waals surface area (Å²) in [6.07, 6.45) is 1.10. The highest BCUT2D eigenvalue weighted by Crippen LogP contribution is 2.30. The van der Waals surface area contributed by atoms with Crippen LogP contribution in [0.1, 0.15) is 12.0 Å². The lowest BCUT2D eigenvalue weighted by Gasteiger charge is -2.17. The monoisotopic (exact) mass is 364 g/mol. The van der Waals surface area contributed by atoms with Crippen LogP contribution in [0.25, 0.3) is 0 Å². The molecule has 0 unspecified atom stereocenters. The smallest absolute Gasteiger partial charge is 0.262 e. The molecule has 0 aromatic heterocycles. The molecule has 0 fully saturated rings. The van der Waals surface area contributed by atoms with Gasteiger partial charge in [0.25, 0.3) is 5.91 Å². The van der Waals surface area contributed by atoms with Crippen molar-refractivity contribution in [1.82, 2.24) is 0 Å². The Labute approximate surface area is 148 Å². The van der Waals surface area contributed by atoms with Crippen LogP contribution in [0.4, 0.5) is 11.4 Å². The van der Waals surface area contributed by atoms with E-state index in [2.05, 4.69) is 10.6 Å². The van der Waals surface area contributed by atoms with Crippen LogP contribution in [0.15, 0.2) is 36.4 Å². The van der Waals surface area contributed by atoms with E-state index in [1.54, 1.807) is 30.3 Å². The highest BCUT2D eigenvalue weighted by Gasteiger charge is 2.15. The van der Waals surface area contributed by atoms with Gasteiger partial charge in [0.05, 0.1) is 15.7 Å². The topological polar surface area (TPSA) is 67.4 Å². The minimum absolute atomic E-state index is 0.00828. The third-order valence-corrected chi connectivity index (χ3v) is 4.39. The SMILES string of the molecule is O=C1CCc2cc(OCC(=O)Nc3cccc(Cl)c3Cl)ccc2N1. The molecular formula is C17H14Cl2N2O3. The lowest BCUT2D eigenvalue weighted by Crippen LogP contribution is -2.21. The number of hydrogen-bond donors (Lipinski definition) is 2. The molecule has 1 aliphatic rings. The van der Waals surface area contributed by atoms with Gasteiger partial charge in [0, 0.05) is 12.1 Å². The molecule has 2 aromatic carbocycles. The number of fused-ring (bicyclic) bond motifs is 1. The van der Waals surface area contributed by atoms with Crippen LogP contribution < -0.4 is 15.4 Å². The molecule has 2 amide bonds. The zero-order valence-corrected chi connectivity index (χ0v) is 14.1. The molecule has 0 bridgehead atoms. The van der Waals surface area contributed by atoms with Crippen molar-refractivity contribution < 1.29 is 14.3 Å². The highest BCUT2D eigenvalue weighted by molar-refractivity contribution is 6.44. The summed E-state index contributed by atoms with van der Waals surface area (Å²) in [5.41, 5.74) is 2.21. The van der Waals surface area contributed by atoms with Gasteiger partial charge in [-0.3, -0.25) is 9.59 Å². The van der Waals surface area contributed by atoms with Gasteiger partial charge in [-0.1, -0.05) is 29.3 Å². The summed E-state index contributed by atoms with van der Waals surface area (Å²) in [5.74, 6) is 0.233. The van der Waals surface area contributed by atoms with Crippen LogP contribution in [0.3, 0.4) is 0 Å². The normalized spacial score (nSPS) is 13.0. The molecule has 7 heteroatoms. The molecule has 0 radical (unpaired) electrons.